The van der Waals surface area contributed by atoms with Crippen molar-refractivity contribution in [2.24, 2.45) is 29.6 Å². The monoisotopic (exact) mass is 1380 g/mol. The summed E-state index contributed by atoms with van der Waals surface area (Å²) in [5.74, 6) is -11.9. The SMILES string of the molecule is CC[C@H](C)[C@H]1C(=O)N[C@@H](C)C(=O)N[C@@H](Cc2ccccc2)C(=O)N(C)[C@@H](Cc2ccccc2)C(=O)N[C@@H]([C@@H](C)O)C(=O)N(C)[C@@H](C)C(=O)N[C@@H](CC(C)C)C(=O)N[C@H](C(=O)N2CCCCC2)CC(=O)N[C@H](C(C)C)C(=O)N(C)[C@@H](C(C)C)C(=O)NCC(=O)N(C)[C@@H](CC(C)C)C(=O)N1C. The summed E-state index contributed by atoms with van der Waals surface area (Å²) in [6.45, 7) is 21.7. The van der Waals surface area contributed by atoms with E-state index in [0.29, 0.717) is 43.5 Å². The molecule has 27 heteroatoms. The van der Waals surface area contributed by atoms with Gasteiger partial charge in [-0.15, -0.1) is 0 Å². The predicted octanol–water partition coefficient (Wildman–Crippen LogP) is 1.92. The molecule has 99 heavy (non-hydrogen) atoms. The molecule has 8 N–H and O–H groups in total. The summed E-state index contributed by atoms with van der Waals surface area (Å²) < 4.78 is 0. The summed E-state index contributed by atoms with van der Waals surface area (Å²) in [5.41, 5.74) is 1.20. The van der Waals surface area contributed by atoms with Crippen LogP contribution in [0.5, 0.6) is 0 Å². The van der Waals surface area contributed by atoms with Crippen molar-refractivity contribution < 1.29 is 67.4 Å². The van der Waals surface area contributed by atoms with Crippen molar-refractivity contribution in [1.29, 1.82) is 0 Å². The molecular weight excluding hydrogens is 1270 g/mol. The molecule has 0 aromatic heterocycles. The van der Waals surface area contributed by atoms with Crippen LogP contribution in [-0.2, 0) is 75.2 Å². The Balaban J connectivity index is 1.88. The number of carbonyl (C=O) groups excluding carboxylic acids is 13. The highest BCUT2D eigenvalue weighted by Gasteiger charge is 2.43. The van der Waals surface area contributed by atoms with E-state index in [-0.39, 0.29) is 37.5 Å². The summed E-state index contributed by atoms with van der Waals surface area (Å²) in [6.07, 6.45) is 0.243. The molecule has 0 unspecified atom stereocenters. The van der Waals surface area contributed by atoms with Gasteiger partial charge in [-0.2, -0.15) is 0 Å². The zero-order valence-electron chi connectivity index (χ0n) is 61.5. The average molecular weight is 1380 g/mol. The van der Waals surface area contributed by atoms with E-state index in [1.165, 1.54) is 70.7 Å². The van der Waals surface area contributed by atoms with Gasteiger partial charge >= 0.3 is 0 Å². The lowest BCUT2D eigenvalue weighted by atomic mass is 9.94. The maximum atomic E-state index is 15.2. The third-order valence-electron chi connectivity index (χ3n) is 18.8. The number of nitrogens with zero attached hydrogens (tertiary/aromatic N) is 6. The van der Waals surface area contributed by atoms with Crippen molar-refractivity contribution in [3.63, 3.8) is 0 Å². The standard InChI is InChI=1S/C72H113N13O14/c1-19-45(10)61-67(94)74-46(11)62(89)76-52(37-49-29-23-20-24-30-49)68(95)82(16)54(38-50-31-25-21-26-32-50)65(92)79-59(48(13)86)72(99)80(14)47(12)63(90)75-51(35-41(2)3)64(91)77-53(69(96)85-33-27-22-28-34-85)39-56(87)78-58(43(6)7)71(98)83(17)60(44(8)9)66(93)73-40-57(88)81(15)55(36-42(4)5)70(97)84(61)18/h20-21,23-26,29-32,41-48,51-55,58-61,86H,19,22,27-28,33-40H2,1-18H3,(H,73,93)(H,74,94)(H,75,90)(H,76,89)(H,77,91)(H,78,87)(H,79,92)/t45-,46-,47-,48+,51-,52-,53-,54-,55-,58+,59-,60-,61-/m0/s1. The first kappa shape index (κ1) is 82.9. The van der Waals surface area contributed by atoms with Gasteiger partial charge < -0.3 is 71.7 Å². The minimum Gasteiger partial charge on any atom is -0.391 e. The molecule has 2 heterocycles. The lowest BCUT2D eigenvalue weighted by Gasteiger charge is -2.37. The van der Waals surface area contributed by atoms with Gasteiger partial charge in [-0.05, 0) is 93.6 Å². The fourth-order valence-corrected chi connectivity index (χ4v) is 12.4. The van der Waals surface area contributed by atoms with E-state index in [4.69, 9.17) is 0 Å². The molecule has 0 radical (unpaired) electrons. The molecule has 0 aliphatic carbocycles. The average Bonchev–Trinajstić information content (AvgIpc) is 0.831. The van der Waals surface area contributed by atoms with E-state index in [9.17, 15) is 62.6 Å². The molecule has 27 nitrogen and oxygen atoms in total. The van der Waals surface area contributed by atoms with Gasteiger partial charge in [0.05, 0.1) is 19.1 Å². The van der Waals surface area contributed by atoms with Crippen LogP contribution in [0.15, 0.2) is 60.7 Å². The number of benzene rings is 2. The number of nitrogens with one attached hydrogen (secondary N) is 7. The number of aliphatic hydroxyl groups excluding tert-OH is 1. The van der Waals surface area contributed by atoms with Gasteiger partial charge in [0, 0.05) is 61.2 Å². The molecule has 0 saturated carbocycles. The van der Waals surface area contributed by atoms with Crippen LogP contribution in [0.2, 0.25) is 0 Å². The second kappa shape index (κ2) is 38.8. The van der Waals surface area contributed by atoms with Crippen LogP contribution in [0.25, 0.3) is 0 Å². The Morgan fingerprint density at radius 3 is 1.56 bits per heavy atom. The smallest absolute Gasteiger partial charge is 0.248 e. The number of aliphatic hydroxyl groups is 1. The van der Waals surface area contributed by atoms with Crippen LogP contribution in [0, 0.1) is 29.6 Å². The van der Waals surface area contributed by atoms with Crippen molar-refractivity contribution >= 4 is 76.8 Å². The van der Waals surface area contributed by atoms with Gasteiger partial charge in [0.25, 0.3) is 0 Å². The molecule has 2 aliphatic heterocycles. The first-order valence-corrected chi connectivity index (χ1v) is 34.9. The van der Waals surface area contributed by atoms with Crippen LogP contribution in [0.4, 0.5) is 0 Å². The van der Waals surface area contributed by atoms with E-state index in [0.717, 1.165) is 16.2 Å². The van der Waals surface area contributed by atoms with Gasteiger partial charge in [0.1, 0.15) is 66.5 Å². The van der Waals surface area contributed by atoms with E-state index in [2.05, 4.69) is 37.2 Å². The highest BCUT2D eigenvalue weighted by molar-refractivity contribution is 6.00. The van der Waals surface area contributed by atoms with Gasteiger partial charge in [-0.25, -0.2) is 0 Å². The number of hydrogen-bond donors (Lipinski definition) is 8. The fourth-order valence-electron chi connectivity index (χ4n) is 12.4. The molecule has 550 valence electrons. The molecule has 0 spiro atoms. The Kier molecular flexibility index (Phi) is 32.5. The summed E-state index contributed by atoms with van der Waals surface area (Å²) in [5, 5.41) is 30.3. The highest BCUT2D eigenvalue weighted by atomic mass is 16.3. The molecule has 4 rings (SSSR count). The quantitative estimate of drug-likeness (QED) is 0.134. The lowest BCUT2D eigenvalue weighted by Crippen LogP contribution is -2.62. The maximum Gasteiger partial charge on any atom is 0.248 e. The summed E-state index contributed by atoms with van der Waals surface area (Å²) in [7, 11) is 6.85. The van der Waals surface area contributed by atoms with Gasteiger partial charge in [0.15, 0.2) is 0 Å². The number of amides is 13. The van der Waals surface area contributed by atoms with Crippen LogP contribution < -0.4 is 37.2 Å². The summed E-state index contributed by atoms with van der Waals surface area (Å²) >= 11 is 0. The molecule has 2 fully saturated rings. The minimum atomic E-state index is -1.73. The molecule has 2 saturated heterocycles. The summed E-state index contributed by atoms with van der Waals surface area (Å²) in [6, 6.07) is 2.45. The van der Waals surface area contributed by atoms with Crippen LogP contribution in [0.1, 0.15) is 146 Å². The Hall–Kier alpha value is -8.49. The number of carbonyl (C=O) groups is 13. The zero-order valence-corrected chi connectivity index (χ0v) is 61.5. The number of likely N-dealkylation sites (tertiary alicyclic amines) is 1. The second-order valence-electron chi connectivity index (χ2n) is 28.4. The first-order valence-electron chi connectivity index (χ1n) is 34.9. The van der Waals surface area contributed by atoms with Gasteiger partial charge in [-0.1, -0.05) is 136 Å². The van der Waals surface area contributed by atoms with Crippen LogP contribution in [-0.4, -0.2) is 239 Å². The molecule has 2 aromatic rings. The Bertz CT molecular complexity index is 3110. The largest absolute Gasteiger partial charge is 0.391 e. The third kappa shape index (κ3) is 23.6. The Labute approximate surface area is 585 Å². The minimum absolute atomic E-state index is 0.0199. The molecule has 2 aromatic carbocycles. The predicted molar refractivity (Wildman–Crippen MR) is 374 cm³/mol. The molecule has 13 amide bonds. The lowest BCUT2D eigenvalue weighted by molar-refractivity contribution is -0.150. The van der Waals surface area contributed by atoms with E-state index < -0.39 is 180 Å². The van der Waals surface area contributed by atoms with Crippen molar-refractivity contribution in [3.05, 3.63) is 71.8 Å². The van der Waals surface area contributed by atoms with Crippen molar-refractivity contribution in [1.82, 2.24) is 66.6 Å². The number of piperidine rings is 1. The molecule has 2 aliphatic rings. The topological polar surface area (TPSA) is 346 Å². The van der Waals surface area contributed by atoms with Crippen LogP contribution in [0.3, 0.4) is 0 Å². The molecule has 0 bridgehead atoms. The van der Waals surface area contributed by atoms with Gasteiger partial charge in [-0.3, -0.25) is 62.3 Å². The fraction of sp³-hybridized carbons (Fsp3) is 0.653. The van der Waals surface area contributed by atoms with Gasteiger partial charge in [0.2, 0.25) is 76.8 Å². The number of rotatable bonds is 14. The molecule has 13 atom stereocenters. The Morgan fingerprint density at radius 2 is 1.03 bits per heavy atom. The number of likely N-dealkylation sites (N-methyl/N-ethyl adjacent to an activating group) is 5. The highest BCUT2D eigenvalue weighted by Crippen LogP contribution is 2.23. The zero-order chi connectivity index (χ0) is 74.4. The third-order valence-corrected chi connectivity index (χ3v) is 18.8. The summed E-state index contributed by atoms with van der Waals surface area (Å²) in [4.78, 5) is 197. The number of hydrogen-bond acceptors (Lipinski definition) is 14. The Morgan fingerprint density at radius 1 is 0.495 bits per heavy atom. The van der Waals surface area contributed by atoms with Crippen molar-refractivity contribution in [2.75, 3.05) is 54.9 Å². The maximum absolute atomic E-state index is 15.2. The van der Waals surface area contributed by atoms with Crippen molar-refractivity contribution in [2.45, 2.75) is 220 Å². The normalized spacial score (nSPS) is 26.4. The van der Waals surface area contributed by atoms with Crippen molar-refractivity contribution in [3.8, 4) is 0 Å². The van der Waals surface area contributed by atoms with E-state index in [1.54, 1.807) is 114 Å². The molecular formula is C72H113N13O14. The first-order chi connectivity index (χ1) is 46.4. The van der Waals surface area contributed by atoms with Crippen LogP contribution >= 0.6 is 0 Å². The van der Waals surface area contributed by atoms with E-state index in [1.807, 2.05) is 20.8 Å². The van der Waals surface area contributed by atoms with E-state index >= 15 is 4.79 Å². The second-order valence-corrected chi connectivity index (χ2v) is 28.4.